The molecular weight excluding hydrogens is 361 g/mol. The molecule has 0 aliphatic carbocycles. The van der Waals surface area contributed by atoms with Gasteiger partial charge >= 0.3 is 0 Å². The van der Waals surface area contributed by atoms with Crippen molar-refractivity contribution >= 4 is 33.5 Å². The number of hydrogen-bond acceptors (Lipinski definition) is 2. The summed E-state index contributed by atoms with van der Waals surface area (Å²) in [4.78, 5) is 4.33. The standard InChI is InChI=1S/C17H14INO/c18-13-8-6-12(7-9-13)11-17(20)15-3-1-5-16-14(15)4-2-10-19-16/h1-10,17,20H,11H2. The van der Waals surface area contributed by atoms with Crippen LogP contribution in [-0.4, -0.2) is 10.1 Å². The number of nitrogens with zero attached hydrogens (tertiary/aromatic N) is 1. The van der Waals surface area contributed by atoms with Gasteiger partial charge in [-0.15, -0.1) is 0 Å². The van der Waals surface area contributed by atoms with E-state index in [0.717, 1.165) is 22.0 Å². The van der Waals surface area contributed by atoms with Crippen molar-refractivity contribution < 1.29 is 5.11 Å². The van der Waals surface area contributed by atoms with Crippen LogP contribution in [0.3, 0.4) is 0 Å². The van der Waals surface area contributed by atoms with E-state index < -0.39 is 6.10 Å². The molecule has 0 bridgehead atoms. The Morgan fingerprint density at radius 3 is 2.60 bits per heavy atom. The lowest BCUT2D eigenvalue weighted by Crippen LogP contribution is -2.03. The van der Waals surface area contributed by atoms with Gasteiger partial charge in [-0.1, -0.05) is 30.3 Å². The molecule has 3 aromatic rings. The van der Waals surface area contributed by atoms with Crippen molar-refractivity contribution in [3.8, 4) is 0 Å². The van der Waals surface area contributed by atoms with Crippen molar-refractivity contribution in [1.29, 1.82) is 0 Å². The molecule has 0 fully saturated rings. The number of aliphatic hydroxyl groups excluding tert-OH is 1. The Balaban J connectivity index is 1.92. The van der Waals surface area contributed by atoms with Crippen molar-refractivity contribution in [2.45, 2.75) is 12.5 Å². The van der Waals surface area contributed by atoms with Crippen LogP contribution in [0.1, 0.15) is 17.2 Å². The van der Waals surface area contributed by atoms with Crippen LogP contribution in [0.15, 0.2) is 60.8 Å². The Labute approximate surface area is 131 Å². The van der Waals surface area contributed by atoms with E-state index in [1.54, 1.807) is 6.20 Å². The third-order valence-corrected chi connectivity index (χ3v) is 4.10. The first kappa shape index (κ1) is 13.5. The number of pyridine rings is 1. The number of aromatic nitrogens is 1. The van der Waals surface area contributed by atoms with E-state index in [1.165, 1.54) is 3.57 Å². The van der Waals surface area contributed by atoms with Gasteiger partial charge in [0.2, 0.25) is 0 Å². The van der Waals surface area contributed by atoms with E-state index in [-0.39, 0.29) is 0 Å². The molecule has 0 spiro atoms. The summed E-state index contributed by atoms with van der Waals surface area (Å²) in [7, 11) is 0. The van der Waals surface area contributed by atoms with E-state index >= 15 is 0 Å². The molecule has 0 saturated carbocycles. The van der Waals surface area contributed by atoms with E-state index in [2.05, 4.69) is 51.8 Å². The van der Waals surface area contributed by atoms with Crippen molar-refractivity contribution in [2.75, 3.05) is 0 Å². The Bertz CT molecular complexity index is 719. The lowest BCUT2D eigenvalue weighted by Gasteiger charge is -2.13. The Morgan fingerprint density at radius 1 is 1.00 bits per heavy atom. The van der Waals surface area contributed by atoms with E-state index in [4.69, 9.17) is 0 Å². The van der Waals surface area contributed by atoms with Gasteiger partial charge in [0.25, 0.3) is 0 Å². The molecule has 2 nitrogen and oxygen atoms in total. The molecule has 1 unspecified atom stereocenters. The van der Waals surface area contributed by atoms with Gasteiger partial charge in [0, 0.05) is 21.6 Å². The quantitative estimate of drug-likeness (QED) is 0.699. The maximum Gasteiger partial charge on any atom is 0.0836 e. The predicted molar refractivity (Wildman–Crippen MR) is 89.6 cm³/mol. The van der Waals surface area contributed by atoms with Crippen LogP contribution in [-0.2, 0) is 6.42 Å². The second-order valence-corrected chi connectivity index (χ2v) is 6.01. The Kier molecular flexibility index (Phi) is 3.98. The lowest BCUT2D eigenvalue weighted by molar-refractivity contribution is 0.180. The normalized spacial score (nSPS) is 12.5. The Hall–Kier alpha value is -1.46. The maximum atomic E-state index is 10.5. The zero-order valence-electron chi connectivity index (χ0n) is 10.8. The van der Waals surface area contributed by atoms with Crippen LogP contribution >= 0.6 is 22.6 Å². The van der Waals surface area contributed by atoms with Gasteiger partial charge in [0.1, 0.15) is 0 Å². The molecule has 3 rings (SSSR count). The largest absolute Gasteiger partial charge is 0.388 e. The summed E-state index contributed by atoms with van der Waals surface area (Å²) in [6, 6.07) is 18.1. The summed E-state index contributed by atoms with van der Waals surface area (Å²) >= 11 is 2.28. The first-order valence-electron chi connectivity index (χ1n) is 6.50. The molecule has 1 heterocycles. The second kappa shape index (κ2) is 5.89. The summed E-state index contributed by atoms with van der Waals surface area (Å²) in [5, 5.41) is 11.5. The highest BCUT2D eigenvalue weighted by Crippen LogP contribution is 2.25. The first-order chi connectivity index (χ1) is 9.74. The molecule has 2 aromatic carbocycles. The summed E-state index contributed by atoms with van der Waals surface area (Å²) in [6.45, 7) is 0. The Morgan fingerprint density at radius 2 is 1.80 bits per heavy atom. The summed E-state index contributed by atoms with van der Waals surface area (Å²) in [5.74, 6) is 0. The van der Waals surface area contributed by atoms with Gasteiger partial charge in [0.15, 0.2) is 0 Å². The number of aliphatic hydroxyl groups is 1. The topological polar surface area (TPSA) is 33.1 Å². The zero-order valence-corrected chi connectivity index (χ0v) is 13.0. The second-order valence-electron chi connectivity index (χ2n) is 4.76. The molecule has 1 atom stereocenters. The molecule has 0 aliphatic heterocycles. The summed E-state index contributed by atoms with van der Waals surface area (Å²) < 4.78 is 1.20. The fourth-order valence-corrected chi connectivity index (χ4v) is 2.73. The van der Waals surface area contributed by atoms with E-state index in [0.29, 0.717) is 6.42 Å². The average molecular weight is 375 g/mol. The van der Waals surface area contributed by atoms with Crippen molar-refractivity contribution in [2.24, 2.45) is 0 Å². The smallest absolute Gasteiger partial charge is 0.0836 e. The van der Waals surface area contributed by atoms with Gasteiger partial charge in [-0.3, -0.25) is 4.98 Å². The van der Waals surface area contributed by atoms with Crippen molar-refractivity contribution in [1.82, 2.24) is 4.98 Å². The lowest BCUT2D eigenvalue weighted by atomic mass is 9.98. The highest BCUT2D eigenvalue weighted by molar-refractivity contribution is 14.1. The minimum Gasteiger partial charge on any atom is -0.388 e. The van der Waals surface area contributed by atoms with Gasteiger partial charge in [0.05, 0.1) is 11.6 Å². The molecule has 1 N–H and O–H groups in total. The predicted octanol–water partition coefficient (Wildman–Crippen LogP) is 4.12. The maximum absolute atomic E-state index is 10.5. The van der Waals surface area contributed by atoms with Crippen LogP contribution in [0.4, 0.5) is 0 Å². The fourth-order valence-electron chi connectivity index (χ4n) is 2.37. The van der Waals surface area contributed by atoms with Crippen LogP contribution in [0.2, 0.25) is 0 Å². The molecule has 0 aliphatic rings. The average Bonchev–Trinajstić information content (AvgIpc) is 2.49. The van der Waals surface area contributed by atoms with Gasteiger partial charge in [-0.05, 0) is 58.0 Å². The molecule has 20 heavy (non-hydrogen) atoms. The first-order valence-corrected chi connectivity index (χ1v) is 7.58. The highest BCUT2D eigenvalue weighted by Gasteiger charge is 2.12. The monoisotopic (exact) mass is 375 g/mol. The zero-order chi connectivity index (χ0) is 13.9. The van der Waals surface area contributed by atoms with Gasteiger partial charge in [-0.25, -0.2) is 0 Å². The van der Waals surface area contributed by atoms with E-state index in [9.17, 15) is 5.11 Å². The van der Waals surface area contributed by atoms with E-state index in [1.807, 2.05) is 30.3 Å². The van der Waals surface area contributed by atoms with Crippen LogP contribution in [0, 0.1) is 3.57 Å². The fraction of sp³-hybridized carbons (Fsp3) is 0.118. The third-order valence-electron chi connectivity index (χ3n) is 3.38. The molecule has 0 saturated heterocycles. The minimum absolute atomic E-state index is 0.511. The summed E-state index contributed by atoms with van der Waals surface area (Å²) in [5.41, 5.74) is 3.00. The van der Waals surface area contributed by atoms with Gasteiger partial charge in [-0.2, -0.15) is 0 Å². The van der Waals surface area contributed by atoms with Crippen molar-refractivity contribution in [3.05, 3.63) is 75.5 Å². The van der Waals surface area contributed by atoms with Gasteiger partial charge < -0.3 is 5.11 Å². The third kappa shape index (κ3) is 2.83. The molecule has 3 heteroatoms. The van der Waals surface area contributed by atoms with Crippen LogP contribution in [0.5, 0.6) is 0 Å². The molecule has 1 aromatic heterocycles. The van der Waals surface area contributed by atoms with Crippen LogP contribution in [0.25, 0.3) is 10.9 Å². The molecular formula is C17H14INO. The summed E-state index contributed by atoms with van der Waals surface area (Å²) in [6.07, 6.45) is 1.88. The number of benzene rings is 2. The number of rotatable bonds is 3. The van der Waals surface area contributed by atoms with Crippen LogP contribution < -0.4 is 0 Å². The SMILES string of the molecule is OC(Cc1ccc(I)cc1)c1cccc2ncccc12. The van der Waals surface area contributed by atoms with Crippen molar-refractivity contribution in [3.63, 3.8) is 0 Å². The molecule has 0 amide bonds. The number of hydrogen-bond donors (Lipinski definition) is 1. The number of halogens is 1. The molecule has 100 valence electrons. The molecule has 0 radical (unpaired) electrons. The highest BCUT2D eigenvalue weighted by atomic mass is 127. The number of fused-ring (bicyclic) bond motifs is 1. The minimum atomic E-state index is -0.511.